The Morgan fingerprint density at radius 2 is 1.94 bits per heavy atom. The van der Waals surface area contributed by atoms with Gasteiger partial charge >= 0.3 is 0 Å². The van der Waals surface area contributed by atoms with Crippen LogP contribution in [0.15, 0.2) is 30.3 Å². The molecule has 0 aliphatic heterocycles. The third-order valence-corrected chi connectivity index (χ3v) is 2.70. The molecule has 2 nitrogen and oxygen atoms in total. The minimum absolute atomic E-state index is 0.558. The van der Waals surface area contributed by atoms with Crippen LogP contribution in [0.2, 0.25) is 0 Å². The van der Waals surface area contributed by atoms with Crippen molar-refractivity contribution in [1.29, 1.82) is 0 Å². The van der Waals surface area contributed by atoms with Crippen LogP contribution in [0.5, 0.6) is 0 Å². The Labute approximate surface area is 99.0 Å². The smallest absolute Gasteiger partial charge is 0.0590 e. The fourth-order valence-corrected chi connectivity index (χ4v) is 1.74. The molecule has 0 spiro atoms. The maximum absolute atomic E-state index is 5.32. The summed E-state index contributed by atoms with van der Waals surface area (Å²) in [6.45, 7) is 6.81. The highest BCUT2D eigenvalue weighted by Crippen LogP contribution is 2.05. The second-order valence-corrected chi connectivity index (χ2v) is 3.95. The molecule has 0 saturated carbocycles. The van der Waals surface area contributed by atoms with Gasteiger partial charge in [-0.05, 0) is 25.3 Å². The van der Waals surface area contributed by atoms with Crippen LogP contribution >= 0.6 is 0 Å². The predicted octanol–water partition coefficient (Wildman–Crippen LogP) is 2.63. The van der Waals surface area contributed by atoms with Crippen molar-refractivity contribution in [2.75, 3.05) is 19.8 Å². The Hall–Kier alpha value is -0.860. The van der Waals surface area contributed by atoms with Gasteiger partial charge in [0.05, 0.1) is 6.61 Å². The van der Waals surface area contributed by atoms with Crippen LogP contribution in [0.25, 0.3) is 0 Å². The maximum Gasteiger partial charge on any atom is 0.0590 e. The molecule has 1 atom stereocenters. The predicted molar refractivity (Wildman–Crippen MR) is 68.7 cm³/mol. The van der Waals surface area contributed by atoms with Gasteiger partial charge in [-0.25, -0.2) is 0 Å². The lowest BCUT2D eigenvalue weighted by Crippen LogP contribution is -2.33. The maximum atomic E-state index is 5.32. The molecule has 2 heteroatoms. The van der Waals surface area contributed by atoms with Gasteiger partial charge in [0.15, 0.2) is 0 Å². The summed E-state index contributed by atoms with van der Waals surface area (Å²) in [4.78, 5) is 0. The molecule has 0 fully saturated rings. The van der Waals surface area contributed by atoms with Crippen molar-refractivity contribution in [2.24, 2.45) is 0 Å². The van der Waals surface area contributed by atoms with Crippen LogP contribution in [0.1, 0.15) is 25.8 Å². The van der Waals surface area contributed by atoms with Crippen molar-refractivity contribution < 1.29 is 4.74 Å². The van der Waals surface area contributed by atoms with E-state index in [1.807, 2.05) is 6.92 Å². The monoisotopic (exact) mass is 221 g/mol. The van der Waals surface area contributed by atoms with Crippen LogP contribution in [0.4, 0.5) is 0 Å². The van der Waals surface area contributed by atoms with Crippen molar-refractivity contribution in [3.05, 3.63) is 35.9 Å². The van der Waals surface area contributed by atoms with Crippen molar-refractivity contribution in [1.82, 2.24) is 5.32 Å². The largest absolute Gasteiger partial charge is 0.380 e. The van der Waals surface area contributed by atoms with Gasteiger partial charge in [-0.15, -0.1) is 0 Å². The first kappa shape index (κ1) is 13.2. The Bertz CT molecular complexity index is 261. The molecule has 1 unspecified atom stereocenters. The van der Waals surface area contributed by atoms with Gasteiger partial charge in [0.2, 0.25) is 0 Å². The number of benzene rings is 1. The Balaban J connectivity index is 2.26. The van der Waals surface area contributed by atoms with Crippen LogP contribution in [-0.4, -0.2) is 25.8 Å². The van der Waals surface area contributed by atoms with Crippen LogP contribution in [-0.2, 0) is 11.2 Å². The topological polar surface area (TPSA) is 21.3 Å². The Morgan fingerprint density at radius 3 is 2.56 bits per heavy atom. The van der Waals surface area contributed by atoms with Crippen molar-refractivity contribution in [3.63, 3.8) is 0 Å². The lowest BCUT2D eigenvalue weighted by Gasteiger charge is -2.16. The molecule has 0 aliphatic rings. The van der Waals surface area contributed by atoms with Gasteiger partial charge in [-0.2, -0.15) is 0 Å². The van der Waals surface area contributed by atoms with E-state index in [9.17, 15) is 0 Å². The lowest BCUT2D eigenvalue weighted by atomic mass is 10.0. The molecule has 1 rings (SSSR count). The van der Waals surface area contributed by atoms with E-state index in [4.69, 9.17) is 4.74 Å². The summed E-state index contributed by atoms with van der Waals surface area (Å²) in [5.74, 6) is 0. The first-order chi connectivity index (χ1) is 7.86. The van der Waals surface area contributed by atoms with Gasteiger partial charge in [-0.3, -0.25) is 0 Å². The zero-order valence-electron chi connectivity index (χ0n) is 10.4. The third kappa shape index (κ3) is 5.29. The molecular formula is C14H23NO. The summed E-state index contributed by atoms with van der Waals surface area (Å²) < 4.78 is 5.32. The van der Waals surface area contributed by atoms with Crippen LogP contribution in [0.3, 0.4) is 0 Å². The SMILES string of the molecule is CCOCCNC(CC)Cc1ccccc1. The van der Waals surface area contributed by atoms with E-state index in [0.29, 0.717) is 6.04 Å². The number of hydrogen-bond donors (Lipinski definition) is 1. The fourth-order valence-electron chi connectivity index (χ4n) is 1.74. The van der Waals surface area contributed by atoms with Gasteiger partial charge in [0.1, 0.15) is 0 Å². The molecule has 90 valence electrons. The average Bonchev–Trinajstić information content (AvgIpc) is 2.34. The third-order valence-electron chi connectivity index (χ3n) is 2.70. The molecule has 0 saturated heterocycles. The Kier molecular flexibility index (Phi) is 6.86. The zero-order valence-corrected chi connectivity index (χ0v) is 10.4. The zero-order chi connectivity index (χ0) is 11.6. The molecule has 0 bridgehead atoms. The van der Waals surface area contributed by atoms with Crippen molar-refractivity contribution >= 4 is 0 Å². The number of rotatable bonds is 8. The Morgan fingerprint density at radius 1 is 1.19 bits per heavy atom. The van der Waals surface area contributed by atoms with E-state index in [0.717, 1.165) is 32.6 Å². The summed E-state index contributed by atoms with van der Waals surface area (Å²) in [6, 6.07) is 11.2. The summed E-state index contributed by atoms with van der Waals surface area (Å²) >= 11 is 0. The second kappa shape index (κ2) is 8.31. The summed E-state index contributed by atoms with van der Waals surface area (Å²) in [6.07, 6.45) is 2.25. The first-order valence-electron chi connectivity index (χ1n) is 6.21. The molecule has 1 aromatic rings. The molecule has 16 heavy (non-hydrogen) atoms. The summed E-state index contributed by atoms with van der Waals surface area (Å²) in [5.41, 5.74) is 1.40. The summed E-state index contributed by atoms with van der Waals surface area (Å²) in [5, 5.41) is 3.53. The number of ether oxygens (including phenoxy) is 1. The molecule has 1 aromatic carbocycles. The van der Waals surface area contributed by atoms with Crippen molar-refractivity contribution in [2.45, 2.75) is 32.7 Å². The van der Waals surface area contributed by atoms with E-state index >= 15 is 0 Å². The minimum atomic E-state index is 0.558. The van der Waals surface area contributed by atoms with E-state index in [2.05, 4.69) is 42.6 Å². The molecular weight excluding hydrogens is 198 g/mol. The quantitative estimate of drug-likeness (QED) is 0.681. The summed E-state index contributed by atoms with van der Waals surface area (Å²) in [7, 11) is 0. The highest BCUT2D eigenvalue weighted by atomic mass is 16.5. The number of hydrogen-bond acceptors (Lipinski definition) is 2. The number of nitrogens with one attached hydrogen (secondary N) is 1. The molecule has 1 N–H and O–H groups in total. The molecule has 0 radical (unpaired) electrons. The average molecular weight is 221 g/mol. The van der Waals surface area contributed by atoms with E-state index < -0.39 is 0 Å². The highest BCUT2D eigenvalue weighted by Gasteiger charge is 2.05. The molecule has 0 amide bonds. The van der Waals surface area contributed by atoms with Gasteiger partial charge in [0, 0.05) is 19.2 Å². The first-order valence-corrected chi connectivity index (χ1v) is 6.21. The van der Waals surface area contributed by atoms with Crippen molar-refractivity contribution in [3.8, 4) is 0 Å². The van der Waals surface area contributed by atoms with Crippen LogP contribution < -0.4 is 5.32 Å². The van der Waals surface area contributed by atoms with E-state index in [1.165, 1.54) is 5.56 Å². The van der Waals surface area contributed by atoms with Gasteiger partial charge in [0.25, 0.3) is 0 Å². The second-order valence-electron chi connectivity index (χ2n) is 3.95. The van der Waals surface area contributed by atoms with E-state index in [1.54, 1.807) is 0 Å². The van der Waals surface area contributed by atoms with Crippen LogP contribution in [0, 0.1) is 0 Å². The standard InChI is InChI=1S/C14H23NO/c1-3-14(15-10-11-16-4-2)12-13-8-6-5-7-9-13/h5-9,14-15H,3-4,10-12H2,1-2H3. The van der Waals surface area contributed by atoms with Gasteiger partial charge < -0.3 is 10.1 Å². The van der Waals surface area contributed by atoms with Gasteiger partial charge in [-0.1, -0.05) is 37.3 Å². The minimum Gasteiger partial charge on any atom is -0.380 e. The molecule has 0 heterocycles. The molecule has 0 aromatic heterocycles. The molecule has 0 aliphatic carbocycles. The highest BCUT2D eigenvalue weighted by molar-refractivity contribution is 5.15. The normalized spacial score (nSPS) is 12.6. The fraction of sp³-hybridized carbons (Fsp3) is 0.571. The van der Waals surface area contributed by atoms with E-state index in [-0.39, 0.29) is 0 Å². The lowest BCUT2D eigenvalue weighted by molar-refractivity contribution is 0.146.